The molecule has 0 unspecified atom stereocenters. The normalized spacial score (nSPS) is 12.4. The lowest BCUT2D eigenvalue weighted by atomic mass is 10.1. The number of hydrogen-bond donors (Lipinski definition) is 1. The van der Waals surface area contributed by atoms with Crippen LogP contribution in [0.15, 0.2) is 42.5 Å². The molecule has 13 heteroatoms. The van der Waals surface area contributed by atoms with Crippen molar-refractivity contribution in [1.29, 1.82) is 0 Å². The largest absolute Gasteiger partial charge is 0.495 e. The van der Waals surface area contributed by atoms with Gasteiger partial charge in [0.15, 0.2) is 0 Å². The molecule has 0 radical (unpaired) electrons. The van der Waals surface area contributed by atoms with Crippen LogP contribution in [-0.4, -0.2) is 61.5 Å². The second-order valence-corrected chi connectivity index (χ2v) is 11.4. The number of nitro benzene ring substituents is 1. The number of sulfonamides is 1. The number of methoxy groups -OCH3 is 1. The van der Waals surface area contributed by atoms with E-state index in [-0.39, 0.29) is 18.0 Å². The van der Waals surface area contributed by atoms with E-state index in [1.54, 1.807) is 20.8 Å². The Balaban J connectivity index is 2.52. The molecule has 1 N–H and O–H groups in total. The zero-order chi connectivity index (χ0) is 28.1. The molecule has 0 aromatic heterocycles. The van der Waals surface area contributed by atoms with Crippen molar-refractivity contribution in [3.63, 3.8) is 0 Å². The SMILES string of the molecule is COc1ccc([N+](=O)[O-])cc1N(CC(=O)N(Cc1ccc(F)cc1)[C@@H](C)C(=O)NC(C)(C)C)S(C)(=O)=O. The predicted molar refractivity (Wildman–Crippen MR) is 136 cm³/mol. The number of non-ortho nitro benzene ring substituents is 1. The standard InChI is InChI=1S/C24H31FN4O7S/c1-16(23(31)26-24(2,3)4)27(14-17-7-9-18(25)10-8-17)22(30)15-28(37(6,34)35)20-13-19(29(32)33)11-12-21(20)36-5/h7-13,16H,14-15H2,1-6H3,(H,26,31)/t16-/m0/s1. The second-order valence-electron chi connectivity index (χ2n) is 9.45. The molecule has 0 bridgehead atoms. The molecule has 0 spiro atoms. The van der Waals surface area contributed by atoms with Crippen LogP contribution in [0.4, 0.5) is 15.8 Å². The molecule has 2 aromatic rings. The van der Waals surface area contributed by atoms with E-state index in [0.29, 0.717) is 9.87 Å². The Kier molecular flexibility index (Phi) is 9.20. The number of nitrogens with one attached hydrogen (secondary N) is 1. The van der Waals surface area contributed by atoms with E-state index in [1.165, 1.54) is 44.4 Å². The van der Waals surface area contributed by atoms with Gasteiger partial charge in [0.2, 0.25) is 21.8 Å². The van der Waals surface area contributed by atoms with Gasteiger partial charge in [0.25, 0.3) is 5.69 Å². The molecule has 2 aromatic carbocycles. The first-order chi connectivity index (χ1) is 17.0. The van der Waals surface area contributed by atoms with Gasteiger partial charge in [-0.15, -0.1) is 0 Å². The summed E-state index contributed by atoms with van der Waals surface area (Å²) in [6.45, 7) is 5.89. The topological polar surface area (TPSA) is 139 Å². The summed E-state index contributed by atoms with van der Waals surface area (Å²) in [5.74, 6) is -1.74. The third-order valence-corrected chi connectivity index (χ3v) is 6.38. The Labute approximate surface area is 215 Å². The van der Waals surface area contributed by atoms with E-state index in [9.17, 15) is 32.5 Å². The molecule has 0 aliphatic rings. The highest BCUT2D eigenvalue weighted by atomic mass is 32.2. The van der Waals surface area contributed by atoms with Gasteiger partial charge in [0.05, 0.1) is 18.3 Å². The molecule has 0 saturated carbocycles. The third kappa shape index (κ3) is 8.13. The van der Waals surface area contributed by atoms with Gasteiger partial charge in [-0.3, -0.25) is 24.0 Å². The Hall–Kier alpha value is -3.74. The highest BCUT2D eigenvalue weighted by Crippen LogP contribution is 2.34. The molecule has 2 amide bonds. The molecular formula is C24H31FN4O7S. The first-order valence-electron chi connectivity index (χ1n) is 11.2. The van der Waals surface area contributed by atoms with Crippen LogP contribution in [0.25, 0.3) is 0 Å². The molecule has 37 heavy (non-hydrogen) atoms. The Morgan fingerprint density at radius 1 is 1.16 bits per heavy atom. The summed E-state index contributed by atoms with van der Waals surface area (Å²) in [4.78, 5) is 38.3. The summed E-state index contributed by atoms with van der Waals surface area (Å²) in [5.41, 5.74) is -0.714. The minimum Gasteiger partial charge on any atom is -0.495 e. The quantitative estimate of drug-likeness (QED) is 0.362. The number of hydrogen-bond acceptors (Lipinski definition) is 7. The Morgan fingerprint density at radius 3 is 2.24 bits per heavy atom. The molecule has 0 aliphatic heterocycles. The maximum atomic E-state index is 13.6. The van der Waals surface area contributed by atoms with E-state index in [2.05, 4.69) is 5.32 Å². The average molecular weight is 539 g/mol. The molecule has 0 saturated heterocycles. The van der Waals surface area contributed by atoms with Gasteiger partial charge >= 0.3 is 0 Å². The van der Waals surface area contributed by atoms with Crippen molar-refractivity contribution in [1.82, 2.24) is 10.2 Å². The summed E-state index contributed by atoms with van der Waals surface area (Å²) in [7, 11) is -2.89. The van der Waals surface area contributed by atoms with Crippen molar-refractivity contribution in [2.45, 2.75) is 45.8 Å². The van der Waals surface area contributed by atoms with Gasteiger partial charge in [-0.1, -0.05) is 12.1 Å². The molecule has 11 nitrogen and oxygen atoms in total. The molecule has 1 atom stereocenters. The number of benzene rings is 2. The minimum absolute atomic E-state index is 0.00701. The zero-order valence-electron chi connectivity index (χ0n) is 21.5. The predicted octanol–water partition coefficient (Wildman–Crippen LogP) is 2.84. The number of halogens is 1. The number of nitrogens with zero attached hydrogens (tertiary/aromatic N) is 3. The Morgan fingerprint density at radius 2 is 1.76 bits per heavy atom. The lowest BCUT2D eigenvalue weighted by Crippen LogP contribution is -2.54. The van der Waals surface area contributed by atoms with Crippen LogP contribution in [0.5, 0.6) is 5.75 Å². The Bertz CT molecular complexity index is 1260. The average Bonchev–Trinajstić information content (AvgIpc) is 2.79. The first-order valence-corrected chi connectivity index (χ1v) is 13.0. The van der Waals surface area contributed by atoms with Crippen LogP contribution >= 0.6 is 0 Å². The number of carbonyl (C=O) groups is 2. The maximum Gasteiger partial charge on any atom is 0.271 e. The first kappa shape index (κ1) is 29.5. The van der Waals surface area contributed by atoms with Crippen molar-refractivity contribution in [2.24, 2.45) is 0 Å². The summed E-state index contributed by atoms with van der Waals surface area (Å²) < 4.78 is 44.8. The van der Waals surface area contributed by atoms with Gasteiger partial charge in [-0.2, -0.15) is 0 Å². The van der Waals surface area contributed by atoms with Crippen LogP contribution in [0.1, 0.15) is 33.3 Å². The maximum absolute atomic E-state index is 13.6. The van der Waals surface area contributed by atoms with E-state index in [4.69, 9.17) is 4.74 Å². The van der Waals surface area contributed by atoms with Crippen LogP contribution in [-0.2, 0) is 26.2 Å². The van der Waals surface area contributed by atoms with E-state index in [0.717, 1.165) is 23.3 Å². The summed E-state index contributed by atoms with van der Waals surface area (Å²) in [6.07, 6.45) is 0.846. The third-order valence-electron chi connectivity index (χ3n) is 5.25. The molecule has 0 heterocycles. The number of ether oxygens (including phenoxy) is 1. The fourth-order valence-electron chi connectivity index (χ4n) is 3.42. The van der Waals surface area contributed by atoms with Gasteiger partial charge in [-0.05, 0) is 51.5 Å². The fraction of sp³-hybridized carbons (Fsp3) is 0.417. The minimum atomic E-state index is -4.14. The van der Waals surface area contributed by atoms with Crippen molar-refractivity contribution in [2.75, 3.05) is 24.2 Å². The lowest BCUT2D eigenvalue weighted by Gasteiger charge is -2.33. The van der Waals surface area contributed by atoms with Gasteiger partial charge in [-0.25, -0.2) is 12.8 Å². The fourth-order valence-corrected chi connectivity index (χ4v) is 4.27. The van der Waals surface area contributed by atoms with Gasteiger partial charge < -0.3 is 15.0 Å². The highest BCUT2D eigenvalue weighted by molar-refractivity contribution is 7.92. The molecule has 202 valence electrons. The van der Waals surface area contributed by atoms with Gasteiger partial charge in [0, 0.05) is 24.2 Å². The number of amides is 2. The summed E-state index contributed by atoms with van der Waals surface area (Å²) >= 11 is 0. The number of anilines is 1. The van der Waals surface area contributed by atoms with Crippen molar-refractivity contribution >= 4 is 33.2 Å². The van der Waals surface area contributed by atoms with Crippen molar-refractivity contribution < 1.29 is 32.1 Å². The molecular weight excluding hydrogens is 507 g/mol. The number of nitro groups is 1. The van der Waals surface area contributed by atoms with Crippen LogP contribution in [0.3, 0.4) is 0 Å². The highest BCUT2D eigenvalue weighted by Gasteiger charge is 2.33. The smallest absolute Gasteiger partial charge is 0.271 e. The summed E-state index contributed by atoms with van der Waals surface area (Å²) in [6, 6.07) is 7.63. The van der Waals surface area contributed by atoms with Crippen LogP contribution in [0.2, 0.25) is 0 Å². The lowest BCUT2D eigenvalue weighted by molar-refractivity contribution is -0.384. The second kappa shape index (κ2) is 11.5. The summed E-state index contributed by atoms with van der Waals surface area (Å²) in [5, 5.41) is 14.1. The monoisotopic (exact) mass is 538 g/mol. The van der Waals surface area contributed by atoms with E-state index < -0.39 is 56.4 Å². The van der Waals surface area contributed by atoms with E-state index in [1.807, 2.05) is 0 Å². The van der Waals surface area contributed by atoms with Crippen LogP contribution < -0.4 is 14.4 Å². The molecule has 0 aliphatic carbocycles. The number of carbonyl (C=O) groups excluding carboxylic acids is 2. The van der Waals surface area contributed by atoms with Crippen molar-refractivity contribution in [3.05, 3.63) is 64.0 Å². The van der Waals surface area contributed by atoms with Crippen molar-refractivity contribution in [3.8, 4) is 5.75 Å². The van der Waals surface area contributed by atoms with Crippen LogP contribution in [0, 0.1) is 15.9 Å². The molecule has 2 rings (SSSR count). The van der Waals surface area contributed by atoms with E-state index >= 15 is 0 Å². The number of rotatable bonds is 10. The molecule has 0 fully saturated rings. The van der Waals surface area contributed by atoms with Gasteiger partial charge in [0.1, 0.15) is 29.8 Å². The zero-order valence-corrected chi connectivity index (χ0v) is 22.3.